The lowest BCUT2D eigenvalue weighted by molar-refractivity contribution is -0.143. The van der Waals surface area contributed by atoms with E-state index in [1.54, 1.807) is 14.2 Å². The number of unbranched alkanes of at least 4 members (excludes halogenated alkanes) is 3. The SMILES string of the molecule is CCOC(=O)CCCCCCNC(=O)NCCc1cc(OC)ccc1OC. The lowest BCUT2D eigenvalue weighted by Gasteiger charge is -2.11. The van der Waals surface area contributed by atoms with E-state index in [0.717, 1.165) is 42.7 Å². The smallest absolute Gasteiger partial charge is 0.314 e. The molecule has 0 unspecified atom stereocenters. The van der Waals surface area contributed by atoms with Crippen LogP contribution in [-0.2, 0) is 16.0 Å². The number of carbonyl (C=O) groups excluding carboxylic acids is 2. The summed E-state index contributed by atoms with van der Waals surface area (Å²) < 4.78 is 15.4. The molecule has 0 saturated heterocycles. The van der Waals surface area contributed by atoms with E-state index in [1.165, 1.54) is 0 Å². The molecule has 0 aliphatic heterocycles. The molecule has 27 heavy (non-hydrogen) atoms. The molecule has 0 aliphatic carbocycles. The predicted octanol–water partition coefficient (Wildman–Crippen LogP) is 3.06. The van der Waals surface area contributed by atoms with Crippen LogP contribution in [0.4, 0.5) is 4.79 Å². The first-order valence-electron chi connectivity index (χ1n) is 9.49. The van der Waals surface area contributed by atoms with E-state index in [4.69, 9.17) is 14.2 Å². The van der Waals surface area contributed by atoms with Crippen molar-refractivity contribution in [1.29, 1.82) is 0 Å². The summed E-state index contributed by atoms with van der Waals surface area (Å²) in [6.45, 7) is 3.37. The molecule has 0 saturated carbocycles. The highest BCUT2D eigenvalue weighted by Gasteiger charge is 2.06. The Kier molecular flexibility index (Phi) is 11.5. The van der Waals surface area contributed by atoms with Crippen molar-refractivity contribution in [2.24, 2.45) is 0 Å². The Morgan fingerprint density at radius 2 is 1.70 bits per heavy atom. The number of rotatable bonds is 13. The Labute approximate surface area is 161 Å². The van der Waals surface area contributed by atoms with Crippen LogP contribution in [0.5, 0.6) is 11.5 Å². The molecule has 7 heteroatoms. The van der Waals surface area contributed by atoms with Crippen LogP contribution >= 0.6 is 0 Å². The molecule has 7 nitrogen and oxygen atoms in total. The molecule has 0 heterocycles. The van der Waals surface area contributed by atoms with Gasteiger partial charge in [-0.25, -0.2) is 4.79 Å². The first-order chi connectivity index (χ1) is 13.1. The van der Waals surface area contributed by atoms with Crippen molar-refractivity contribution in [3.05, 3.63) is 23.8 Å². The fourth-order valence-electron chi connectivity index (χ4n) is 2.63. The van der Waals surface area contributed by atoms with Gasteiger partial charge in [-0.15, -0.1) is 0 Å². The second kappa shape index (κ2) is 13.7. The number of amides is 2. The van der Waals surface area contributed by atoms with E-state index in [1.807, 2.05) is 25.1 Å². The Bertz CT molecular complexity index is 577. The van der Waals surface area contributed by atoms with Crippen molar-refractivity contribution in [1.82, 2.24) is 10.6 Å². The fraction of sp³-hybridized carbons (Fsp3) is 0.600. The molecular formula is C20H32N2O5. The summed E-state index contributed by atoms with van der Waals surface area (Å²) in [6.07, 6.45) is 4.77. The fourth-order valence-corrected chi connectivity index (χ4v) is 2.63. The molecule has 0 bridgehead atoms. The largest absolute Gasteiger partial charge is 0.497 e. The summed E-state index contributed by atoms with van der Waals surface area (Å²) in [5.74, 6) is 1.40. The molecule has 0 aliphatic rings. The minimum atomic E-state index is -0.177. The standard InChI is InChI=1S/C20H32N2O5/c1-4-27-19(23)9-7-5-6-8-13-21-20(24)22-14-12-16-15-17(25-2)10-11-18(16)26-3/h10-11,15H,4-9,12-14H2,1-3H3,(H2,21,22,24). The zero-order chi connectivity index (χ0) is 19.9. The highest BCUT2D eigenvalue weighted by molar-refractivity contribution is 5.73. The van der Waals surface area contributed by atoms with Crippen molar-refractivity contribution in [2.75, 3.05) is 33.9 Å². The van der Waals surface area contributed by atoms with E-state index in [9.17, 15) is 9.59 Å². The average molecular weight is 380 g/mol. The number of urea groups is 1. The second-order valence-corrected chi connectivity index (χ2v) is 6.08. The van der Waals surface area contributed by atoms with Crippen LogP contribution in [0.15, 0.2) is 18.2 Å². The first kappa shape index (κ1) is 22.6. The Balaban J connectivity index is 2.12. The van der Waals surface area contributed by atoms with Gasteiger partial charge < -0.3 is 24.8 Å². The Morgan fingerprint density at radius 1 is 0.963 bits per heavy atom. The van der Waals surface area contributed by atoms with Gasteiger partial charge in [-0.2, -0.15) is 0 Å². The summed E-state index contributed by atoms with van der Waals surface area (Å²) in [5, 5.41) is 5.69. The van der Waals surface area contributed by atoms with Gasteiger partial charge in [0, 0.05) is 19.5 Å². The minimum absolute atomic E-state index is 0.136. The second-order valence-electron chi connectivity index (χ2n) is 6.08. The van der Waals surface area contributed by atoms with Gasteiger partial charge in [-0.05, 0) is 49.9 Å². The number of hydrogen-bond donors (Lipinski definition) is 2. The van der Waals surface area contributed by atoms with Gasteiger partial charge in [-0.3, -0.25) is 4.79 Å². The molecule has 0 atom stereocenters. The topological polar surface area (TPSA) is 85.9 Å². The van der Waals surface area contributed by atoms with Crippen molar-refractivity contribution in [3.8, 4) is 11.5 Å². The molecule has 0 radical (unpaired) electrons. The summed E-state index contributed by atoms with van der Waals surface area (Å²) in [5.41, 5.74) is 0.985. The number of hydrogen-bond acceptors (Lipinski definition) is 5. The molecule has 0 spiro atoms. The number of benzene rings is 1. The van der Waals surface area contributed by atoms with E-state index in [0.29, 0.717) is 32.5 Å². The van der Waals surface area contributed by atoms with Crippen molar-refractivity contribution in [3.63, 3.8) is 0 Å². The molecule has 1 aromatic rings. The average Bonchev–Trinajstić information content (AvgIpc) is 2.67. The maximum absolute atomic E-state index is 11.8. The molecule has 2 N–H and O–H groups in total. The lowest BCUT2D eigenvalue weighted by Crippen LogP contribution is -2.37. The van der Waals surface area contributed by atoms with E-state index in [-0.39, 0.29) is 12.0 Å². The van der Waals surface area contributed by atoms with E-state index >= 15 is 0 Å². The van der Waals surface area contributed by atoms with Gasteiger partial charge in [-0.1, -0.05) is 12.8 Å². The number of methoxy groups -OCH3 is 2. The first-order valence-corrected chi connectivity index (χ1v) is 9.49. The molecule has 152 valence electrons. The van der Waals surface area contributed by atoms with Gasteiger partial charge in [0.25, 0.3) is 0 Å². The monoisotopic (exact) mass is 380 g/mol. The van der Waals surface area contributed by atoms with Gasteiger partial charge in [0.1, 0.15) is 11.5 Å². The molecular weight excluding hydrogens is 348 g/mol. The Hall–Kier alpha value is -2.44. The van der Waals surface area contributed by atoms with Crippen molar-refractivity contribution >= 4 is 12.0 Å². The van der Waals surface area contributed by atoms with Crippen LogP contribution in [-0.4, -0.2) is 45.9 Å². The van der Waals surface area contributed by atoms with Gasteiger partial charge in [0.2, 0.25) is 0 Å². The van der Waals surface area contributed by atoms with Crippen LogP contribution in [0, 0.1) is 0 Å². The Morgan fingerprint density at radius 3 is 2.41 bits per heavy atom. The number of esters is 1. The molecule has 0 aromatic heterocycles. The third-order valence-electron chi connectivity index (χ3n) is 4.07. The normalized spacial score (nSPS) is 10.2. The highest BCUT2D eigenvalue weighted by atomic mass is 16.5. The zero-order valence-corrected chi connectivity index (χ0v) is 16.6. The molecule has 1 rings (SSSR count). The van der Waals surface area contributed by atoms with E-state index in [2.05, 4.69) is 10.6 Å². The van der Waals surface area contributed by atoms with Crippen LogP contribution < -0.4 is 20.1 Å². The van der Waals surface area contributed by atoms with Gasteiger partial charge in [0.15, 0.2) is 0 Å². The van der Waals surface area contributed by atoms with Crippen LogP contribution in [0.3, 0.4) is 0 Å². The quantitative estimate of drug-likeness (QED) is 0.406. The molecule has 0 fully saturated rings. The third-order valence-corrected chi connectivity index (χ3v) is 4.07. The lowest BCUT2D eigenvalue weighted by atomic mass is 10.1. The van der Waals surface area contributed by atoms with Crippen molar-refractivity contribution in [2.45, 2.75) is 45.4 Å². The van der Waals surface area contributed by atoms with Crippen LogP contribution in [0.25, 0.3) is 0 Å². The van der Waals surface area contributed by atoms with Crippen molar-refractivity contribution < 1.29 is 23.8 Å². The molecule has 2 amide bonds. The molecule has 1 aromatic carbocycles. The summed E-state index contributed by atoms with van der Waals surface area (Å²) in [7, 11) is 3.24. The van der Waals surface area contributed by atoms with Crippen LogP contribution in [0.2, 0.25) is 0 Å². The maximum atomic E-state index is 11.8. The maximum Gasteiger partial charge on any atom is 0.314 e. The summed E-state index contributed by atoms with van der Waals surface area (Å²) >= 11 is 0. The number of carbonyl (C=O) groups is 2. The minimum Gasteiger partial charge on any atom is -0.497 e. The summed E-state index contributed by atoms with van der Waals surface area (Å²) in [4.78, 5) is 23.0. The van der Waals surface area contributed by atoms with E-state index < -0.39 is 0 Å². The predicted molar refractivity (Wildman–Crippen MR) is 104 cm³/mol. The zero-order valence-electron chi connectivity index (χ0n) is 16.6. The third kappa shape index (κ3) is 9.72. The highest BCUT2D eigenvalue weighted by Crippen LogP contribution is 2.24. The van der Waals surface area contributed by atoms with Gasteiger partial charge in [0.05, 0.1) is 20.8 Å². The number of ether oxygens (including phenoxy) is 3. The summed E-state index contributed by atoms with van der Waals surface area (Å²) in [6, 6.07) is 5.43. The van der Waals surface area contributed by atoms with Gasteiger partial charge >= 0.3 is 12.0 Å². The number of nitrogens with one attached hydrogen (secondary N) is 2. The van der Waals surface area contributed by atoms with Crippen LogP contribution in [0.1, 0.15) is 44.6 Å².